The Morgan fingerprint density at radius 2 is 1.56 bits per heavy atom. The van der Waals surface area contributed by atoms with Crippen molar-refractivity contribution in [1.82, 2.24) is 14.7 Å². The maximum atomic E-state index is 13.5. The van der Waals surface area contributed by atoms with Gasteiger partial charge in [0.1, 0.15) is 5.75 Å². The summed E-state index contributed by atoms with van der Waals surface area (Å²) in [5.41, 5.74) is 1.59. The van der Waals surface area contributed by atoms with Gasteiger partial charge in [0.05, 0.1) is 18.2 Å². The molecule has 5 rings (SSSR count). The topological polar surface area (TPSA) is 64.4 Å². The van der Waals surface area contributed by atoms with Gasteiger partial charge >= 0.3 is 0 Å². The summed E-state index contributed by atoms with van der Waals surface area (Å²) in [7, 11) is 3.39. The zero-order valence-corrected chi connectivity index (χ0v) is 18.9. The number of carbonyl (C=O) groups excluding carboxylic acids is 1. The molecule has 5 aromatic rings. The van der Waals surface area contributed by atoms with E-state index in [1.54, 1.807) is 49.4 Å². The summed E-state index contributed by atoms with van der Waals surface area (Å²) in [6, 6.07) is 28.2. The van der Waals surface area contributed by atoms with Crippen LogP contribution in [0.4, 0.5) is 0 Å². The molecule has 0 radical (unpaired) electrons. The van der Waals surface area contributed by atoms with E-state index in [1.807, 2.05) is 54.6 Å². The number of nitrogens with zero attached hydrogens (tertiary/aromatic N) is 3. The van der Waals surface area contributed by atoms with Crippen LogP contribution < -0.4 is 10.3 Å². The van der Waals surface area contributed by atoms with Crippen molar-refractivity contribution in [2.45, 2.75) is 6.54 Å². The van der Waals surface area contributed by atoms with Crippen molar-refractivity contribution in [3.8, 4) is 11.4 Å². The first-order valence-corrected chi connectivity index (χ1v) is 10.9. The molecule has 0 spiro atoms. The van der Waals surface area contributed by atoms with Crippen molar-refractivity contribution in [3.05, 3.63) is 113 Å². The summed E-state index contributed by atoms with van der Waals surface area (Å²) in [4.78, 5) is 28.3. The molecular weight excluding hydrogens is 426 g/mol. The lowest BCUT2D eigenvalue weighted by Gasteiger charge is -2.19. The summed E-state index contributed by atoms with van der Waals surface area (Å²) in [5.74, 6) is 0.551. The molecule has 1 aromatic heterocycles. The zero-order chi connectivity index (χ0) is 23.7. The molecule has 0 unspecified atom stereocenters. The second-order valence-corrected chi connectivity index (χ2v) is 8.16. The molecule has 0 aliphatic carbocycles. The Kier molecular flexibility index (Phi) is 5.55. The van der Waals surface area contributed by atoms with Crippen molar-refractivity contribution in [1.29, 1.82) is 0 Å². The van der Waals surface area contributed by atoms with Crippen molar-refractivity contribution in [2.24, 2.45) is 0 Å². The van der Waals surface area contributed by atoms with Crippen LogP contribution in [0.2, 0.25) is 0 Å². The predicted molar refractivity (Wildman–Crippen MR) is 134 cm³/mol. The number of fused-ring (bicyclic) bond motifs is 2. The van der Waals surface area contributed by atoms with E-state index in [9.17, 15) is 9.59 Å². The molecule has 168 valence electrons. The third-order valence-corrected chi connectivity index (χ3v) is 5.89. The molecule has 0 fully saturated rings. The number of amides is 1. The number of hydrogen-bond acceptors (Lipinski definition) is 4. The second-order valence-electron chi connectivity index (χ2n) is 8.16. The number of carbonyl (C=O) groups is 1. The lowest BCUT2D eigenvalue weighted by molar-refractivity contribution is 0.0779. The molecule has 0 aliphatic heterocycles. The fourth-order valence-corrected chi connectivity index (χ4v) is 4.12. The van der Waals surface area contributed by atoms with Gasteiger partial charge in [0.2, 0.25) is 0 Å². The first-order chi connectivity index (χ1) is 16.5. The van der Waals surface area contributed by atoms with E-state index in [0.717, 1.165) is 22.1 Å². The van der Waals surface area contributed by atoms with Gasteiger partial charge in [-0.25, -0.2) is 0 Å². The fraction of sp³-hybridized carbons (Fsp3) is 0.107. The van der Waals surface area contributed by atoms with Crippen LogP contribution in [0.3, 0.4) is 0 Å². The van der Waals surface area contributed by atoms with E-state index in [4.69, 9.17) is 4.74 Å². The second kappa shape index (κ2) is 8.83. The zero-order valence-electron chi connectivity index (χ0n) is 18.9. The van der Waals surface area contributed by atoms with Gasteiger partial charge in [-0.2, -0.15) is 9.78 Å². The molecule has 6 heteroatoms. The first kappa shape index (κ1) is 21.4. The highest BCUT2D eigenvalue weighted by atomic mass is 16.5. The Morgan fingerprint density at radius 1 is 0.882 bits per heavy atom. The van der Waals surface area contributed by atoms with Gasteiger partial charge in [-0.1, -0.05) is 54.6 Å². The number of ether oxygens (including phenoxy) is 1. The van der Waals surface area contributed by atoms with Gasteiger partial charge in [-0.15, -0.1) is 0 Å². The van der Waals surface area contributed by atoms with E-state index in [1.165, 1.54) is 4.68 Å². The standard InChI is InChI=1S/C28H23N3O3/c1-30(18-19-12-13-21-17-23(34-2)15-14-20(21)16-19)28(33)26-24-10-6-7-11-25(24)27(32)31(29-26)22-8-4-3-5-9-22/h3-17H,18H2,1-2H3. The number of aromatic nitrogens is 2. The predicted octanol–water partition coefficient (Wildman–Crippen LogP) is 4.82. The average molecular weight is 450 g/mol. The van der Waals surface area contributed by atoms with Crippen LogP contribution >= 0.6 is 0 Å². The van der Waals surface area contributed by atoms with Crippen molar-refractivity contribution < 1.29 is 9.53 Å². The van der Waals surface area contributed by atoms with Crippen LogP contribution in [0.5, 0.6) is 5.75 Å². The van der Waals surface area contributed by atoms with E-state index in [0.29, 0.717) is 23.0 Å². The van der Waals surface area contributed by atoms with Crippen molar-refractivity contribution in [2.75, 3.05) is 14.2 Å². The molecule has 1 heterocycles. The Morgan fingerprint density at radius 3 is 2.32 bits per heavy atom. The minimum atomic E-state index is -0.258. The monoisotopic (exact) mass is 449 g/mol. The number of para-hydroxylation sites is 1. The largest absolute Gasteiger partial charge is 0.497 e. The van der Waals surface area contributed by atoms with Crippen LogP contribution in [-0.4, -0.2) is 34.7 Å². The summed E-state index contributed by atoms with van der Waals surface area (Å²) in [5, 5.41) is 7.64. The quantitative estimate of drug-likeness (QED) is 0.386. The van der Waals surface area contributed by atoms with Crippen LogP contribution in [0.1, 0.15) is 16.1 Å². The maximum Gasteiger partial charge on any atom is 0.279 e. The highest BCUT2D eigenvalue weighted by Crippen LogP contribution is 2.23. The molecule has 4 aromatic carbocycles. The molecule has 0 saturated heterocycles. The fourth-order valence-electron chi connectivity index (χ4n) is 4.12. The van der Waals surface area contributed by atoms with Crippen LogP contribution in [0.15, 0.2) is 95.8 Å². The summed E-state index contributed by atoms with van der Waals surface area (Å²) < 4.78 is 6.60. The Labute approximate surface area is 196 Å². The Balaban J connectivity index is 1.52. The summed E-state index contributed by atoms with van der Waals surface area (Å²) in [6.07, 6.45) is 0. The van der Waals surface area contributed by atoms with Gasteiger partial charge in [0.15, 0.2) is 5.69 Å². The Bertz CT molecular complexity index is 1580. The number of benzene rings is 4. The normalized spacial score (nSPS) is 11.0. The number of methoxy groups -OCH3 is 1. The molecule has 0 aliphatic rings. The molecule has 0 bridgehead atoms. The lowest BCUT2D eigenvalue weighted by Crippen LogP contribution is -2.31. The summed E-state index contributed by atoms with van der Waals surface area (Å²) in [6.45, 7) is 0.404. The average Bonchev–Trinajstić information content (AvgIpc) is 2.89. The Hall–Kier alpha value is -4.45. The van der Waals surface area contributed by atoms with E-state index in [2.05, 4.69) is 11.2 Å². The first-order valence-electron chi connectivity index (χ1n) is 10.9. The minimum absolute atomic E-state index is 0.243. The smallest absolute Gasteiger partial charge is 0.279 e. The number of hydrogen-bond donors (Lipinski definition) is 0. The van der Waals surface area contributed by atoms with Gasteiger partial charge in [0, 0.05) is 19.0 Å². The van der Waals surface area contributed by atoms with Gasteiger partial charge in [0.25, 0.3) is 11.5 Å². The van der Waals surface area contributed by atoms with Gasteiger partial charge in [-0.05, 0) is 52.7 Å². The molecule has 0 saturated carbocycles. The highest BCUT2D eigenvalue weighted by molar-refractivity contribution is 6.04. The molecule has 6 nitrogen and oxygen atoms in total. The lowest BCUT2D eigenvalue weighted by atomic mass is 10.1. The third-order valence-electron chi connectivity index (χ3n) is 5.89. The number of rotatable bonds is 5. The third kappa shape index (κ3) is 3.90. The molecule has 0 atom stereocenters. The summed E-state index contributed by atoms with van der Waals surface area (Å²) >= 11 is 0. The molecule has 34 heavy (non-hydrogen) atoms. The maximum absolute atomic E-state index is 13.5. The van der Waals surface area contributed by atoms with E-state index < -0.39 is 0 Å². The molecule has 1 amide bonds. The van der Waals surface area contributed by atoms with Crippen LogP contribution in [-0.2, 0) is 6.54 Å². The highest BCUT2D eigenvalue weighted by Gasteiger charge is 2.20. The van der Waals surface area contributed by atoms with Gasteiger partial charge < -0.3 is 9.64 Å². The van der Waals surface area contributed by atoms with E-state index in [-0.39, 0.29) is 17.2 Å². The van der Waals surface area contributed by atoms with Crippen LogP contribution in [0, 0.1) is 0 Å². The molecule has 0 N–H and O–H groups in total. The van der Waals surface area contributed by atoms with E-state index >= 15 is 0 Å². The van der Waals surface area contributed by atoms with Crippen LogP contribution in [0.25, 0.3) is 27.2 Å². The van der Waals surface area contributed by atoms with Gasteiger partial charge in [-0.3, -0.25) is 9.59 Å². The minimum Gasteiger partial charge on any atom is -0.497 e. The molecular formula is C28H23N3O3. The van der Waals surface area contributed by atoms with Crippen molar-refractivity contribution in [3.63, 3.8) is 0 Å². The SMILES string of the molecule is COc1ccc2cc(CN(C)C(=O)c3nn(-c4ccccc4)c(=O)c4ccccc34)ccc2c1. The van der Waals surface area contributed by atoms with Crippen molar-refractivity contribution >= 4 is 27.5 Å².